The first-order valence-corrected chi connectivity index (χ1v) is 9.74. The van der Waals surface area contributed by atoms with Crippen LogP contribution in [0.15, 0.2) is 23.8 Å². The predicted molar refractivity (Wildman–Crippen MR) is 95.0 cm³/mol. The Kier molecular flexibility index (Phi) is 4.25. The quantitative estimate of drug-likeness (QED) is 0.707. The van der Waals surface area contributed by atoms with Gasteiger partial charge in [-0.25, -0.2) is 0 Å². The van der Waals surface area contributed by atoms with Crippen molar-refractivity contribution in [2.45, 2.75) is 45.1 Å². The van der Waals surface area contributed by atoms with Gasteiger partial charge in [0.25, 0.3) is 0 Å². The van der Waals surface area contributed by atoms with Crippen LogP contribution in [0.5, 0.6) is 0 Å². The van der Waals surface area contributed by atoms with Crippen LogP contribution in [0.3, 0.4) is 0 Å². The van der Waals surface area contributed by atoms with E-state index in [0.717, 1.165) is 24.8 Å². The molecule has 5 heteroatoms. The lowest BCUT2D eigenvalue weighted by atomic mass is 9.46. The van der Waals surface area contributed by atoms with Crippen molar-refractivity contribution in [2.75, 3.05) is 13.2 Å². The van der Waals surface area contributed by atoms with Gasteiger partial charge in [-0.1, -0.05) is 18.6 Å². The van der Waals surface area contributed by atoms with Crippen LogP contribution in [0.4, 0.5) is 0 Å². The molecule has 0 saturated heterocycles. The molecule has 3 saturated carbocycles. The summed E-state index contributed by atoms with van der Waals surface area (Å²) >= 11 is 0. The molecular weight excluding hydrogens is 332 g/mol. The molecule has 4 aliphatic rings. The minimum absolute atomic E-state index is 0.000460. The van der Waals surface area contributed by atoms with Crippen molar-refractivity contribution in [1.29, 1.82) is 0 Å². The highest BCUT2D eigenvalue weighted by molar-refractivity contribution is 6.01. The van der Waals surface area contributed by atoms with E-state index in [0.29, 0.717) is 12.8 Å². The van der Waals surface area contributed by atoms with E-state index in [1.165, 1.54) is 0 Å². The van der Waals surface area contributed by atoms with Gasteiger partial charge in [0.05, 0.1) is 6.10 Å². The fraction of sp³-hybridized carbons (Fsp3) is 0.714. The average Bonchev–Trinajstić information content (AvgIpc) is 3.00. The number of aliphatic hydroxyl groups is 3. The van der Waals surface area contributed by atoms with Crippen LogP contribution < -0.4 is 0 Å². The monoisotopic (exact) mass is 360 g/mol. The van der Waals surface area contributed by atoms with Crippen molar-refractivity contribution in [3.63, 3.8) is 0 Å². The van der Waals surface area contributed by atoms with Crippen molar-refractivity contribution in [1.82, 2.24) is 0 Å². The van der Waals surface area contributed by atoms with Crippen molar-refractivity contribution >= 4 is 11.6 Å². The van der Waals surface area contributed by atoms with Crippen LogP contribution in [0.2, 0.25) is 0 Å². The summed E-state index contributed by atoms with van der Waals surface area (Å²) in [6.45, 7) is 1.49. The van der Waals surface area contributed by atoms with E-state index in [9.17, 15) is 24.9 Å². The van der Waals surface area contributed by atoms with Gasteiger partial charge in [-0.3, -0.25) is 9.59 Å². The number of rotatable bonds is 3. The highest BCUT2D eigenvalue weighted by Crippen LogP contribution is 2.66. The van der Waals surface area contributed by atoms with Gasteiger partial charge in [0, 0.05) is 29.3 Å². The third kappa shape index (κ3) is 2.26. The fourth-order valence-corrected chi connectivity index (χ4v) is 7.00. The first-order valence-electron chi connectivity index (χ1n) is 9.74. The molecule has 0 aliphatic heterocycles. The third-order valence-electron chi connectivity index (χ3n) is 8.06. The van der Waals surface area contributed by atoms with Gasteiger partial charge in [0.15, 0.2) is 11.6 Å². The zero-order valence-electron chi connectivity index (χ0n) is 15.2. The highest BCUT2D eigenvalue weighted by Gasteiger charge is 2.64. The Labute approximate surface area is 153 Å². The molecule has 2 unspecified atom stereocenters. The molecular formula is C21H28O5. The summed E-state index contributed by atoms with van der Waals surface area (Å²) in [5.41, 5.74) is 0.145. The minimum Gasteiger partial charge on any atom is -0.396 e. The second-order valence-electron chi connectivity index (χ2n) is 8.94. The van der Waals surface area contributed by atoms with Crippen LogP contribution in [0, 0.1) is 34.5 Å². The molecule has 3 fully saturated rings. The van der Waals surface area contributed by atoms with Crippen LogP contribution in [-0.4, -0.2) is 46.2 Å². The van der Waals surface area contributed by atoms with Crippen molar-refractivity contribution < 1.29 is 24.9 Å². The largest absolute Gasteiger partial charge is 0.396 e. The van der Waals surface area contributed by atoms with Gasteiger partial charge in [0.2, 0.25) is 0 Å². The molecule has 4 rings (SSSR count). The molecule has 142 valence electrons. The SMILES string of the molecule is C[C@]12C=CC(=O)C=C1CC[C@H]1[C@H]2C(O)C[C@]2(CO)C(C(=O)CO)CC[C@@H]12. The molecule has 3 N–H and O–H groups in total. The summed E-state index contributed by atoms with van der Waals surface area (Å²) in [6, 6.07) is 0. The van der Waals surface area contributed by atoms with Gasteiger partial charge in [-0.15, -0.1) is 0 Å². The average molecular weight is 360 g/mol. The maximum Gasteiger partial charge on any atom is 0.178 e. The Bertz CT molecular complexity index is 695. The number of ketones is 2. The number of hydrogen-bond donors (Lipinski definition) is 3. The van der Waals surface area contributed by atoms with Crippen LogP contribution in [0.25, 0.3) is 0 Å². The first-order chi connectivity index (χ1) is 12.4. The van der Waals surface area contributed by atoms with E-state index in [2.05, 4.69) is 6.92 Å². The van der Waals surface area contributed by atoms with E-state index in [1.54, 1.807) is 12.2 Å². The van der Waals surface area contributed by atoms with E-state index in [-0.39, 0.29) is 47.3 Å². The van der Waals surface area contributed by atoms with E-state index < -0.39 is 18.1 Å². The molecule has 0 heterocycles. The normalized spacial score (nSPS) is 47.0. The van der Waals surface area contributed by atoms with Gasteiger partial charge in [-0.05, 0) is 56.1 Å². The summed E-state index contributed by atoms with van der Waals surface area (Å²) < 4.78 is 0. The summed E-state index contributed by atoms with van der Waals surface area (Å²) in [4.78, 5) is 24.1. The second-order valence-corrected chi connectivity index (χ2v) is 8.94. The smallest absolute Gasteiger partial charge is 0.178 e. The Balaban J connectivity index is 1.74. The standard InChI is InChI=1S/C21H28O5/c1-20-7-6-13(24)8-12(20)2-3-14-15-4-5-16(18(26)10-22)21(15,11-23)9-17(25)19(14)20/h6-8,14-17,19,22-23,25H,2-5,9-11H2,1H3/t14-,15+,16?,17?,19+,20+,21-/m1/s1. The summed E-state index contributed by atoms with van der Waals surface area (Å²) in [5, 5.41) is 30.8. The molecule has 0 aromatic heterocycles. The van der Waals surface area contributed by atoms with Gasteiger partial charge in [-0.2, -0.15) is 0 Å². The Morgan fingerprint density at radius 3 is 2.73 bits per heavy atom. The first kappa shape index (κ1) is 18.1. The Morgan fingerprint density at radius 2 is 2.04 bits per heavy atom. The molecule has 0 bridgehead atoms. The topological polar surface area (TPSA) is 94.8 Å². The number of carbonyl (C=O) groups is 2. The van der Waals surface area contributed by atoms with E-state index >= 15 is 0 Å². The van der Waals surface area contributed by atoms with Crippen LogP contribution in [0.1, 0.15) is 39.0 Å². The molecule has 0 spiro atoms. The van der Waals surface area contributed by atoms with Gasteiger partial charge in [0.1, 0.15) is 6.61 Å². The fourth-order valence-electron chi connectivity index (χ4n) is 7.00. The van der Waals surface area contributed by atoms with Crippen molar-refractivity contribution in [3.8, 4) is 0 Å². The molecule has 0 aromatic rings. The van der Waals surface area contributed by atoms with Crippen LogP contribution in [-0.2, 0) is 9.59 Å². The van der Waals surface area contributed by atoms with Gasteiger partial charge < -0.3 is 15.3 Å². The highest BCUT2D eigenvalue weighted by atomic mass is 16.3. The Morgan fingerprint density at radius 1 is 1.27 bits per heavy atom. The number of carbonyl (C=O) groups excluding carboxylic acids is 2. The zero-order chi connectivity index (χ0) is 18.7. The number of allylic oxidation sites excluding steroid dienone is 4. The van der Waals surface area contributed by atoms with Gasteiger partial charge >= 0.3 is 0 Å². The van der Waals surface area contributed by atoms with E-state index in [4.69, 9.17) is 0 Å². The predicted octanol–water partition coefficient (Wildman–Crippen LogP) is 1.42. The zero-order valence-corrected chi connectivity index (χ0v) is 15.2. The summed E-state index contributed by atoms with van der Waals surface area (Å²) in [5.74, 6) is -0.183. The third-order valence-corrected chi connectivity index (χ3v) is 8.06. The van der Waals surface area contributed by atoms with Crippen molar-refractivity contribution in [3.05, 3.63) is 23.8 Å². The second kappa shape index (κ2) is 6.11. The molecule has 26 heavy (non-hydrogen) atoms. The molecule has 0 amide bonds. The number of fused-ring (bicyclic) bond motifs is 5. The van der Waals surface area contributed by atoms with Crippen LogP contribution >= 0.6 is 0 Å². The summed E-state index contributed by atoms with van der Waals surface area (Å²) in [6.07, 6.45) is 8.26. The van der Waals surface area contributed by atoms with Crippen molar-refractivity contribution in [2.24, 2.45) is 34.5 Å². The lowest BCUT2D eigenvalue weighted by Gasteiger charge is -2.59. The number of Topliss-reactive ketones (excluding diaryl/α,β-unsaturated/α-hetero) is 1. The van der Waals surface area contributed by atoms with E-state index in [1.807, 2.05) is 6.08 Å². The lowest BCUT2D eigenvalue weighted by Crippen LogP contribution is -2.58. The lowest BCUT2D eigenvalue weighted by molar-refractivity contribution is -0.152. The molecule has 7 atom stereocenters. The minimum atomic E-state index is -0.637. The molecule has 0 aromatic carbocycles. The maximum absolute atomic E-state index is 12.3. The Hall–Kier alpha value is -1.30. The number of hydrogen-bond acceptors (Lipinski definition) is 5. The molecule has 4 aliphatic carbocycles. The maximum atomic E-state index is 12.3. The molecule has 0 radical (unpaired) electrons. The summed E-state index contributed by atoms with van der Waals surface area (Å²) in [7, 11) is 0. The number of aliphatic hydroxyl groups excluding tert-OH is 3. The molecule has 5 nitrogen and oxygen atoms in total.